The number of thioether (sulfide) groups is 4. The Labute approximate surface area is 243 Å². The van der Waals surface area contributed by atoms with Gasteiger partial charge in [0, 0.05) is 22.1 Å². The van der Waals surface area contributed by atoms with E-state index in [1.54, 1.807) is 41.4 Å². The first kappa shape index (κ1) is 28.8. The van der Waals surface area contributed by atoms with E-state index in [4.69, 9.17) is 17.3 Å². The number of carbonyl (C=O) groups excluding carboxylic acids is 1. The number of anilines is 1. The number of aliphatic carboxylic acids is 2. The van der Waals surface area contributed by atoms with Gasteiger partial charge in [0.1, 0.15) is 27.0 Å². The Hall–Kier alpha value is -2.17. The number of carbonyl (C=O) groups is 3. The second kappa shape index (κ2) is 12.3. The van der Waals surface area contributed by atoms with E-state index in [0.717, 1.165) is 65.4 Å². The standard InChI is InChI=1S/C23H21N3O6S6/c1-34-8-7-24-13-9-12(35-2)3-4-14(13)36-16(24)6-5-15-20(31)25(10-17(27)28)22(37-15)19-21(32)26(11-18(29)30)23(33)38-19/h3-6,9H,7-8,10-11H2,1-2H3,(H,27,28)(H,29,30)/b15-5-,16-6+,22-19-. The maximum absolute atomic E-state index is 13.2. The van der Waals surface area contributed by atoms with Crippen LogP contribution in [0.15, 0.2) is 43.9 Å². The molecule has 0 radical (unpaired) electrons. The summed E-state index contributed by atoms with van der Waals surface area (Å²) in [5.41, 5.74) is 0.551. The Morgan fingerprint density at radius 1 is 1.05 bits per heavy atom. The third-order valence-electron chi connectivity index (χ3n) is 5.37. The molecule has 15 heteroatoms. The van der Waals surface area contributed by atoms with Crippen LogP contribution in [0.4, 0.5) is 5.69 Å². The van der Waals surface area contributed by atoms with Gasteiger partial charge in [0.25, 0.3) is 11.5 Å². The van der Waals surface area contributed by atoms with Crippen LogP contribution in [0.2, 0.25) is 0 Å². The minimum Gasteiger partial charge on any atom is -0.480 e. The summed E-state index contributed by atoms with van der Waals surface area (Å²) in [7, 11) is 0. The number of fused-ring (bicyclic) bond motifs is 1. The van der Waals surface area contributed by atoms with E-state index in [1.807, 2.05) is 18.6 Å². The molecule has 2 aliphatic heterocycles. The highest BCUT2D eigenvalue weighted by Gasteiger charge is 2.35. The Bertz CT molecular complexity index is 1550. The normalized spacial score (nSPS) is 18.2. The summed E-state index contributed by atoms with van der Waals surface area (Å²) in [6.45, 7) is -0.483. The molecule has 1 saturated heterocycles. The maximum Gasteiger partial charge on any atom is 0.323 e. The number of hydrogen-bond donors (Lipinski definition) is 2. The summed E-state index contributed by atoms with van der Waals surface area (Å²) >= 11 is 12.0. The summed E-state index contributed by atoms with van der Waals surface area (Å²) in [6.07, 6.45) is 7.54. The zero-order chi connectivity index (χ0) is 27.6. The summed E-state index contributed by atoms with van der Waals surface area (Å²) in [4.78, 5) is 54.3. The lowest BCUT2D eigenvalue weighted by atomic mass is 10.3. The van der Waals surface area contributed by atoms with Gasteiger partial charge < -0.3 is 15.1 Å². The van der Waals surface area contributed by atoms with E-state index in [2.05, 4.69) is 23.1 Å². The number of carboxylic acids is 2. The van der Waals surface area contributed by atoms with Crippen LogP contribution in [0.25, 0.3) is 11.0 Å². The molecule has 1 aromatic heterocycles. The van der Waals surface area contributed by atoms with E-state index in [0.29, 0.717) is 0 Å². The van der Waals surface area contributed by atoms with Crippen molar-refractivity contribution < 1.29 is 24.6 Å². The van der Waals surface area contributed by atoms with Crippen LogP contribution >= 0.6 is 70.6 Å². The quantitative estimate of drug-likeness (QED) is 0.314. The number of amides is 1. The van der Waals surface area contributed by atoms with Crippen molar-refractivity contribution in [3.8, 4) is 0 Å². The molecular weight excluding hydrogens is 607 g/mol. The Morgan fingerprint density at radius 2 is 1.79 bits per heavy atom. The van der Waals surface area contributed by atoms with Gasteiger partial charge in [0.2, 0.25) is 0 Å². The van der Waals surface area contributed by atoms with Crippen molar-refractivity contribution in [1.29, 1.82) is 0 Å². The summed E-state index contributed by atoms with van der Waals surface area (Å²) in [5.74, 6) is -2.24. The van der Waals surface area contributed by atoms with Gasteiger partial charge in [0.05, 0.1) is 15.2 Å². The Balaban J connectivity index is 1.81. The molecule has 1 amide bonds. The smallest absolute Gasteiger partial charge is 0.323 e. The van der Waals surface area contributed by atoms with Gasteiger partial charge in [-0.1, -0.05) is 35.7 Å². The molecule has 9 nitrogen and oxygen atoms in total. The lowest BCUT2D eigenvalue weighted by Crippen LogP contribution is -2.36. The molecule has 0 aliphatic carbocycles. The van der Waals surface area contributed by atoms with Gasteiger partial charge >= 0.3 is 11.9 Å². The zero-order valence-corrected chi connectivity index (χ0v) is 24.9. The van der Waals surface area contributed by atoms with Crippen LogP contribution in [-0.2, 0) is 20.9 Å². The van der Waals surface area contributed by atoms with E-state index in [1.165, 1.54) is 0 Å². The number of thiazole rings is 1. The van der Waals surface area contributed by atoms with Crippen LogP contribution in [-0.4, -0.2) is 73.2 Å². The monoisotopic (exact) mass is 627 g/mol. The van der Waals surface area contributed by atoms with Crippen molar-refractivity contribution in [1.82, 2.24) is 9.47 Å². The predicted molar refractivity (Wildman–Crippen MR) is 161 cm³/mol. The molecule has 0 unspecified atom stereocenters. The SMILES string of the molecule is CSCCN1/C(=C\C=c2/s/c(=C3\SC(=S)N(CC(=O)O)C3=O)n(CC(=O)O)c2=O)Sc2ccc(SC)cc21. The van der Waals surface area contributed by atoms with Crippen molar-refractivity contribution in [3.05, 3.63) is 48.9 Å². The van der Waals surface area contributed by atoms with Crippen molar-refractivity contribution in [3.63, 3.8) is 0 Å². The predicted octanol–water partition coefficient (Wildman–Crippen LogP) is 2.37. The molecular formula is C23H21N3O6S6. The molecule has 2 aromatic rings. The van der Waals surface area contributed by atoms with Gasteiger partial charge in [-0.2, -0.15) is 11.8 Å². The Morgan fingerprint density at radius 3 is 2.45 bits per heavy atom. The van der Waals surface area contributed by atoms with Gasteiger partial charge in [-0.3, -0.25) is 28.6 Å². The van der Waals surface area contributed by atoms with Crippen LogP contribution in [0.1, 0.15) is 0 Å². The highest BCUT2D eigenvalue weighted by atomic mass is 32.2. The molecule has 1 fully saturated rings. The van der Waals surface area contributed by atoms with Crippen LogP contribution in [0.3, 0.4) is 0 Å². The molecule has 1 aromatic carbocycles. The van der Waals surface area contributed by atoms with E-state index < -0.39 is 36.5 Å². The first-order valence-electron chi connectivity index (χ1n) is 10.9. The van der Waals surface area contributed by atoms with Gasteiger partial charge in [-0.15, -0.1) is 23.1 Å². The molecule has 0 bridgehead atoms. The molecule has 200 valence electrons. The number of benzene rings is 1. The summed E-state index contributed by atoms with van der Waals surface area (Å²) in [6, 6.07) is 6.29. The molecule has 3 heterocycles. The Kier molecular flexibility index (Phi) is 9.36. The van der Waals surface area contributed by atoms with Gasteiger partial charge in [-0.05, 0) is 42.9 Å². The number of allylic oxidation sites excluding steroid dienone is 1. The third-order valence-corrected chi connectivity index (χ3v) is 10.5. The largest absolute Gasteiger partial charge is 0.480 e. The zero-order valence-electron chi connectivity index (χ0n) is 20.0. The molecule has 0 atom stereocenters. The van der Waals surface area contributed by atoms with Crippen molar-refractivity contribution in [2.75, 3.05) is 36.3 Å². The lowest BCUT2D eigenvalue weighted by molar-refractivity contribution is -0.140. The van der Waals surface area contributed by atoms with Crippen molar-refractivity contribution >= 4 is 109 Å². The maximum atomic E-state index is 13.2. The number of carboxylic acid groups (broad SMARTS) is 2. The number of thiocarbonyl (C=S) groups is 1. The summed E-state index contributed by atoms with van der Waals surface area (Å²) in [5, 5.41) is 19.5. The molecule has 2 aliphatic rings. The minimum absolute atomic E-state index is 0.0388. The fourth-order valence-electron chi connectivity index (χ4n) is 3.67. The molecule has 0 spiro atoms. The lowest BCUT2D eigenvalue weighted by Gasteiger charge is -2.20. The van der Waals surface area contributed by atoms with Crippen molar-refractivity contribution in [2.45, 2.75) is 16.3 Å². The van der Waals surface area contributed by atoms with Crippen LogP contribution in [0, 0.1) is 0 Å². The second-order valence-corrected chi connectivity index (χ2v) is 13.4. The molecule has 38 heavy (non-hydrogen) atoms. The highest BCUT2D eigenvalue weighted by Crippen LogP contribution is 2.47. The van der Waals surface area contributed by atoms with E-state index >= 15 is 0 Å². The van der Waals surface area contributed by atoms with Gasteiger partial charge in [0.15, 0.2) is 0 Å². The average Bonchev–Trinajstić information content (AvgIpc) is 3.47. The first-order chi connectivity index (χ1) is 18.1. The second-order valence-electron chi connectivity index (χ2n) is 7.79. The highest BCUT2D eigenvalue weighted by molar-refractivity contribution is 8.30. The first-order valence-corrected chi connectivity index (χ1v) is 16.4. The van der Waals surface area contributed by atoms with Crippen LogP contribution < -0.4 is 19.7 Å². The fourth-order valence-corrected chi connectivity index (χ4v) is 8.00. The molecule has 0 saturated carbocycles. The van der Waals surface area contributed by atoms with E-state index in [-0.39, 0.29) is 18.4 Å². The van der Waals surface area contributed by atoms with Crippen LogP contribution in [0.5, 0.6) is 0 Å². The third kappa shape index (κ3) is 6.02. The average molecular weight is 628 g/mol. The summed E-state index contributed by atoms with van der Waals surface area (Å²) < 4.78 is 1.45. The topological polar surface area (TPSA) is 120 Å². The number of hydrogen-bond acceptors (Lipinski definition) is 11. The number of rotatable bonds is 9. The van der Waals surface area contributed by atoms with E-state index in [9.17, 15) is 24.3 Å². The number of nitrogens with zero attached hydrogens (tertiary/aromatic N) is 3. The fraction of sp³-hybridized carbons (Fsp3) is 0.261. The van der Waals surface area contributed by atoms with Gasteiger partial charge in [-0.25, -0.2) is 0 Å². The molecule has 4 rings (SSSR count). The minimum atomic E-state index is -1.24. The van der Waals surface area contributed by atoms with Crippen molar-refractivity contribution in [2.24, 2.45) is 0 Å². The molecule has 2 N–H and O–H groups in total. The number of aromatic nitrogens is 1.